The van der Waals surface area contributed by atoms with Gasteiger partial charge in [0.1, 0.15) is 5.82 Å². The van der Waals surface area contributed by atoms with Crippen LogP contribution in [0.2, 0.25) is 0 Å². The maximum Gasteiger partial charge on any atom is 0.364 e. The number of rotatable bonds is 4. The van der Waals surface area contributed by atoms with Crippen molar-refractivity contribution in [3.8, 4) is 0 Å². The van der Waals surface area contributed by atoms with E-state index in [1.807, 2.05) is 6.92 Å². The molecule has 16 heavy (non-hydrogen) atoms. The minimum absolute atomic E-state index is 0.343. The van der Waals surface area contributed by atoms with Gasteiger partial charge in [-0.1, -0.05) is 6.92 Å². The van der Waals surface area contributed by atoms with Crippen LogP contribution in [-0.2, 0) is 0 Å². The highest BCUT2D eigenvalue weighted by atomic mass is 35.5. The first-order valence-electron chi connectivity index (χ1n) is 4.95. The molecule has 0 aliphatic heterocycles. The summed E-state index contributed by atoms with van der Waals surface area (Å²) in [6, 6.07) is 3.50. The van der Waals surface area contributed by atoms with Crippen LogP contribution in [0.3, 0.4) is 0 Å². The summed E-state index contributed by atoms with van der Waals surface area (Å²) in [6.07, 6.45) is 0. The minimum atomic E-state index is -0.343. The van der Waals surface area contributed by atoms with Crippen LogP contribution in [0.4, 0.5) is 5.82 Å². The zero-order valence-electron chi connectivity index (χ0n) is 8.77. The molecule has 86 valence electrons. The molecule has 1 atom stereocenters. The fourth-order valence-electron chi connectivity index (χ4n) is 1.23. The third-order valence-electron chi connectivity index (χ3n) is 2.17. The summed E-state index contributed by atoms with van der Waals surface area (Å²) in [7, 11) is 0. The van der Waals surface area contributed by atoms with E-state index in [4.69, 9.17) is 11.6 Å². The van der Waals surface area contributed by atoms with Crippen LogP contribution in [0.25, 0.3) is 5.65 Å². The van der Waals surface area contributed by atoms with E-state index in [2.05, 4.69) is 20.6 Å². The van der Waals surface area contributed by atoms with Crippen molar-refractivity contribution < 1.29 is 0 Å². The Morgan fingerprint density at radius 3 is 3.19 bits per heavy atom. The molecule has 0 fully saturated rings. The molecule has 6 nitrogen and oxygen atoms in total. The smallest absolute Gasteiger partial charge is 0.364 e. The summed E-state index contributed by atoms with van der Waals surface area (Å²) in [6.45, 7) is 2.75. The highest BCUT2D eigenvalue weighted by molar-refractivity contribution is 6.18. The van der Waals surface area contributed by atoms with Crippen molar-refractivity contribution in [3.05, 3.63) is 22.6 Å². The van der Waals surface area contributed by atoms with E-state index in [1.165, 1.54) is 4.52 Å². The topological polar surface area (TPSA) is 75.1 Å². The monoisotopic (exact) mass is 241 g/mol. The molecule has 2 N–H and O–H groups in total. The van der Waals surface area contributed by atoms with E-state index < -0.39 is 0 Å². The van der Waals surface area contributed by atoms with Crippen LogP contribution < -0.4 is 11.0 Å². The number of aromatic nitrogens is 4. The number of anilines is 1. The van der Waals surface area contributed by atoms with Gasteiger partial charge in [0.25, 0.3) is 0 Å². The molecule has 0 aromatic carbocycles. The maximum atomic E-state index is 11.3. The van der Waals surface area contributed by atoms with Gasteiger partial charge in [-0.15, -0.1) is 16.7 Å². The molecule has 0 aliphatic carbocycles. The van der Waals surface area contributed by atoms with Gasteiger partial charge >= 0.3 is 5.69 Å². The van der Waals surface area contributed by atoms with Crippen LogP contribution in [0, 0.1) is 5.92 Å². The molecule has 2 heterocycles. The van der Waals surface area contributed by atoms with E-state index in [9.17, 15) is 4.79 Å². The molecule has 2 rings (SSSR count). The summed E-state index contributed by atoms with van der Waals surface area (Å²) < 4.78 is 1.22. The van der Waals surface area contributed by atoms with Gasteiger partial charge in [-0.25, -0.2) is 9.89 Å². The number of aromatic amines is 1. The Kier molecular flexibility index (Phi) is 3.09. The Labute approximate surface area is 96.6 Å². The Bertz CT molecular complexity index is 534. The van der Waals surface area contributed by atoms with Gasteiger partial charge in [-0.2, -0.15) is 9.61 Å². The fourth-order valence-corrected chi connectivity index (χ4v) is 1.34. The zero-order chi connectivity index (χ0) is 11.5. The van der Waals surface area contributed by atoms with E-state index >= 15 is 0 Å². The van der Waals surface area contributed by atoms with Crippen molar-refractivity contribution in [2.24, 2.45) is 5.92 Å². The summed E-state index contributed by atoms with van der Waals surface area (Å²) in [4.78, 5) is 11.3. The number of hydrogen-bond acceptors (Lipinski definition) is 4. The average Bonchev–Trinajstić information content (AvgIpc) is 2.68. The van der Waals surface area contributed by atoms with Gasteiger partial charge < -0.3 is 5.32 Å². The van der Waals surface area contributed by atoms with Gasteiger partial charge in [0, 0.05) is 12.4 Å². The van der Waals surface area contributed by atoms with Gasteiger partial charge in [-0.05, 0) is 18.1 Å². The fraction of sp³-hybridized carbons (Fsp3) is 0.444. The average molecular weight is 242 g/mol. The first-order chi connectivity index (χ1) is 7.70. The van der Waals surface area contributed by atoms with Crippen LogP contribution in [-0.4, -0.2) is 32.2 Å². The normalized spacial score (nSPS) is 12.9. The molecule has 1 unspecified atom stereocenters. The molecule has 7 heteroatoms. The Morgan fingerprint density at radius 2 is 2.44 bits per heavy atom. The Balaban J connectivity index is 2.19. The largest absolute Gasteiger partial charge is 0.368 e. The third kappa shape index (κ3) is 2.16. The molecular formula is C9H12ClN5O. The Hall–Kier alpha value is -1.56. The van der Waals surface area contributed by atoms with Crippen molar-refractivity contribution in [1.29, 1.82) is 0 Å². The lowest BCUT2D eigenvalue weighted by Crippen LogP contribution is -2.17. The summed E-state index contributed by atoms with van der Waals surface area (Å²) in [5.41, 5.74) is 0.157. The lowest BCUT2D eigenvalue weighted by molar-refractivity contribution is 0.692. The second kappa shape index (κ2) is 4.52. The van der Waals surface area contributed by atoms with Gasteiger partial charge in [-0.3, -0.25) is 0 Å². The number of nitrogens with zero attached hydrogens (tertiary/aromatic N) is 3. The third-order valence-corrected chi connectivity index (χ3v) is 2.70. The molecular weight excluding hydrogens is 230 g/mol. The van der Waals surface area contributed by atoms with Crippen molar-refractivity contribution in [2.75, 3.05) is 17.7 Å². The first kappa shape index (κ1) is 10.9. The van der Waals surface area contributed by atoms with Crippen LogP contribution >= 0.6 is 11.6 Å². The highest BCUT2D eigenvalue weighted by Gasteiger charge is 2.04. The summed E-state index contributed by atoms with van der Waals surface area (Å²) in [5, 5.41) is 13.3. The molecule has 2 aromatic rings. The van der Waals surface area contributed by atoms with Crippen molar-refractivity contribution in [2.45, 2.75) is 6.92 Å². The summed E-state index contributed by atoms with van der Waals surface area (Å²) >= 11 is 5.69. The predicted octanol–water partition coefficient (Wildman–Crippen LogP) is 0.704. The predicted molar refractivity (Wildman–Crippen MR) is 62.0 cm³/mol. The van der Waals surface area contributed by atoms with Gasteiger partial charge in [0.2, 0.25) is 0 Å². The van der Waals surface area contributed by atoms with Crippen molar-refractivity contribution in [1.82, 2.24) is 19.8 Å². The highest BCUT2D eigenvalue weighted by Crippen LogP contribution is 2.05. The standard InChI is InChI=1S/C9H12ClN5O/c1-6(4-10)5-11-7-2-3-8-12-13-9(16)15(8)14-7/h2-3,6H,4-5H2,1H3,(H,11,14)(H,13,16). The molecule has 0 spiro atoms. The first-order valence-corrected chi connectivity index (χ1v) is 5.48. The van der Waals surface area contributed by atoms with Crippen molar-refractivity contribution >= 4 is 23.1 Å². The number of H-pyrrole nitrogens is 1. The van der Waals surface area contributed by atoms with Gasteiger partial charge in [0.15, 0.2) is 5.65 Å². The van der Waals surface area contributed by atoms with Crippen molar-refractivity contribution in [3.63, 3.8) is 0 Å². The van der Waals surface area contributed by atoms with E-state index in [0.717, 1.165) is 0 Å². The lowest BCUT2D eigenvalue weighted by Gasteiger charge is -2.09. The van der Waals surface area contributed by atoms with E-state index in [1.54, 1.807) is 12.1 Å². The minimum Gasteiger partial charge on any atom is -0.368 e. The van der Waals surface area contributed by atoms with Crippen LogP contribution in [0.5, 0.6) is 0 Å². The second-order valence-electron chi connectivity index (χ2n) is 3.66. The molecule has 0 bridgehead atoms. The molecule has 0 amide bonds. The van der Waals surface area contributed by atoms with E-state index in [-0.39, 0.29) is 5.69 Å². The molecule has 0 radical (unpaired) electrons. The lowest BCUT2D eigenvalue weighted by atomic mass is 10.2. The summed E-state index contributed by atoms with van der Waals surface area (Å²) in [5.74, 6) is 1.56. The molecule has 0 aliphatic rings. The second-order valence-corrected chi connectivity index (χ2v) is 3.97. The van der Waals surface area contributed by atoms with Gasteiger partial charge in [0.05, 0.1) is 0 Å². The number of halogens is 1. The maximum absolute atomic E-state index is 11.3. The molecule has 2 aromatic heterocycles. The number of nitrogens with one attached hydrogen (secondary N) is 2. The SMILES string of the molecule is CC(CCl)CNc1ccc2n[nH]c(=O)n2n1. The van der Waals surface area contributed by atoms with E-state index in [0.29, 0.717) is 29.8 Å². The van der Waals surface area contributed by atoms with Crippen LogP contribution in [0.15, 0.2) is 16.9 Å². The Morgan fingerprint density at radius 1 is 1.62 bits per heavy atom. The van der Waals surface area contributed by atoms with Crippen LogP contribution in [0.1, 0.15) is 6.92 Å². The number of hydrogen-bond donors (Lipinski definition) is 2. The quantitative estimate of drug-likeness (QED) is 0.773. The number of alkyl halides is 1. The zero-order valence-corrected chi connectivity index (χ0v) is 9.53. The number of fused-ring (bicyclic) bond motifs is 1. The molecule has 0 saturated carbocycles. The molecule has 0 saturated heterocycles.